The fourth-order valence-electron chi connectivity index (χ4n) is 2.17. The zero-order valence-corrected chi connectivity index (χ0v) is 12.7. The van der Waals surface area contributed by atoms with Crippen LogP contribution in [0.15, 0.2) is 42.6 Å². The second-order valence-corrected chi connectivity index (χ2v) is 5.00. The molecule has 0 radical (unpaired) electrons. The Morgan fingerprint density at radius 1 is 1.12 bits per heavy atom. The van der Waals surface area contributed by atoms with Crippen LogP contribution in [0.25, 0.3) is 5.65 Å². The van der Waals surface area contributed by atoms with Crippen LogP contribution in [0.5, 0.6) is 5.75 Å². The van der Waals surface area contributed by atoms with E-state index in [1.807, 2.05) is 0 Å². The second-order valence-electron chi connectivity index (χ2n) is 5.00. The van der Waals surface area contributed by atoms with Crippen LogP contribution in [0, 0.1) is 0 Å². The Hall–Kier alpha value is -3.24. The number of para-hydroxylation sites is 2. The lowest BCUT2D eigenvalue weighted by Crippen LogP contribution is -2.19. The molecule has 26 heavy (non-hydrogen) atoms. The van der Waals surface area contributed by atoms with Gasteiger partial charge in [0.15, 0.2) is 11.4 Å². The molecule has 0 unspecified atom stereocenters. The zero-order valence-electron chi connectivity index (χ0n) is 12.7. The number of pyridine rings is 1. The van der Waals surface area contributed by atoms with Crippen LogP contribution in [0.1, 0.15) is 22.6 Å². The van der Waals surface area contributed by atoms with E-state index in [4.69, 9.17) is 0 Å². The molecule has 0 atom stereocenters. The van der Waals surface area contributed by atoms with Crippen LogP contribution >= 0.6 is 0 Å². The molecule has 0 aliphatic rings. The third-order valence-corrected chi connectivity index (χ3v) is 3.25. The van der Waals surface area contributed by atoms with Crippen LogP contribution < -0.4 is 10.1 Å². The fourth-order valence-corrected chi connectivity index (χ4v) is 2.17. The average Bonchev–Trinajstić information content (AvgIpc) is 2.98. The molecule has 136 valence electrons. The molecule has 0 saturated carbocycles. The van der Waals surface area contributed by atoms with Gasteiger partial charge in [-0.15, -0.1) is 23.4 Å². The molecule has 3 rings (SSSR count). The number of carbonyl (C=O) groups is 1. The van der Waals surface area contributed by atoms with Gasteiger partial charge in [0.2, 0.25) is 5.82 Å². The van der Waals surface area contributed by atoms with Crippen LogP contribution in [0.3, 0.4) is 0 Å². The van der Waals surface area contributed by atoms with Gasteiger partial charge in [0.25, 0.3) is 12.3 Å². The Balaban J connectivity index is 1.89. The molecule has 6 nitrogen and oxygen atoms in total. The van der Waals surface area contributed by atoms with E-state index in [2.05, 4.69) is 20.3 Å². The van der Waals surface area contributed by atoms with Gasteiger partial charge in [0, 0.05) is 6.20 Å². The number of anilines is 1. The Bertz CT molecular complexity index is 955. The maximum absolute atomic E-state index is 12.9. The first-order valence-corrected chi connectivity index (χ1v) is 7.03. The van der Waals surface area contributed by atoms with Crippen LogP contribution in [-0.4, -0.2) is 26.9 Å². The largest absolute Gasteiger partial charge is 0.573 e. The molecule has 1 aromatic carbocycles. The third kappa shape index (κ3) is 3.71. The summed E-state index contributed by atoms with van der Waals surface area (Å²) in [6.07, 6.45) is -6.78. The number of aromatic nitrogens is 3. The van der Waals surface area contributed by atoms with E-state index >= 15 is 0 Å². The van der Waals surface area contributed by atoms with Crippen LogP contribution in [0.4, 0.5) is 27.6 Å². The summed E-state index contributed by atoms with van der Waals surface area (Å²) in [6, 6.07) is 7.50. The van der Waals surface area contributed by atoms with E-state index in [1.165, 1.54) is 30.3 Å². The third-order valence-electron chi connectivity index (χ3n) is 3.25. The topological polar surface area (TPSA) is 68.5 Å². The van der Waals surface area contributed by atoms with Crippen molar-refractivity contribution in [3.05, 3.63) is 54.0 Å². The minimum absolute atomic E-state index is 0.0824. The Morgan fingerprint density at radius 3 is 2.54 bits per heavy atom. The van der Waals surface area contributed by atoms with E-state index in [0.717, 1.165) is 16.7 Å². The highest BCUT2D eigenvalue weighted by molar-refractivity contribution is 6.05. The predicted molar refractivity (Wildman–Crippen MR) is 79.0 cm³/mol. The standard InChI is InChI=1S/C15H9F5N4O2/c16-12(17)13-23-22-11-6-5-8(7-24(11)13)14(25)21-9-3-1-2-4-10(9)26-15(18,19)20/h1-7,12H,(H,21,25). The van der Waals surface area contributed by atoms with Gasteiger partial charge in [-0.3, -0.25) is 9.20 Å². The van der Waals surface area contributed by atoms with Gasteiger partial charge < -0.3 is 10.1 Å². The van der Waals surface area contributed by atoms with Gasteiger partial charge in [-0.25, -0.2) is 8.78 Å². The molecule has 1 amide bonds. The number of rotatable bonds is 4. The number of carbonyl (C=O) groups excluding carboxylic acids is 1. The lowest BCUT2D eigenvalue weighted by atomic mass is 10.2. The Morgan fingerprint density at radius 2 is 1.85 bits per heavy atom. The number of amides is 1. The number of ether oxygens (including phenoxy) is 1. The minimum Gasteiger partial charge on any atom is -0.404 e. The van der Waals surface area contributed by atoms with Gasteiger partial charge in [-0.2, -0.15) is 0 Å². The highest BCUT2D eigenvalue weighted by Gasteiger charge is 2.32. The first-order chi connectivity index (χ1) is 12.2. The minimum atomic E-state index is -4.94. The van der Waals surface area contributed by atoms with Gasteiger partial charge >= 0.3 is 6.36 Å². The number of alkyl halides is 5. The van der Waals surface area contributed by atoms with Crippen molar-refractivity contribution in [2.45, 2.75) is 12.8 Å². The summed E-state index contributed by atoms with van der Waals surface area (Å²) in [7, 11) is 0. The fraction of sp³-hybridized carbons (Fsp3) is 0.133. The number of halogens is 5. The van der Waals surface area contributed by atoms with E-state index < -0.39 is 30.3 Å². The molecular formula is C15H9F5N4O2. The number of nitrogens with one attached hydrogen (secondary N) is 1. The number of nitrogens with zero attached hydrogens (tertiary/aromatic N) is 3. The van der Waals surface area contributed by atoms with E-state index in [0.29, 0.717) is 0 Å². The lowest BCUT2D eigenvalue weighted by molar-refractivity contribution is -0.274. The van der Waals surface area contributed by atoms with Crippen molar-refractivity contribution in [1.82, 2.24) is 14.6 Å². The summed E-state index contributed by atoms with van der Waals surface area (Å²) in [5, 5.41) is 9.10. The van der Waals surface area contributed by atoms with Crippen molar-refractivity contribution in [3.8, 4) is 5.75 Å². The predicted octanol–water partition coefficient (Wildman–Crippen LogP) is 3.82. The Labute approximate surface area is 142 Å². The number of benzene rings is 1. The molecule has 0 saturated heterocycles. The summed E-state index contributed by atoms with van der Waals surface area (Å²) in [5.74, 6) is -2.08. The highest BCUT2D eigenvalue weighted by Crippen LogP contribution is 2.30. The van der Waals surface area contributed by atoms with Crippen molar-refractivity contribution >= 4 is 17.2 Å². The summed E-state index contributed by atoms with van der Waals surface area (Å²) in [4.78, 5) is 12.3. The maximum atomic E-state index is 12.9. The highest BCUT2D eigenvalue weighted by atomic mass is 19.4. The van der Waals surface area contributed by atoms with Gasteiger partial charge in [0.05, 0.1) is 11.3 Å². The Kier molecular flexibility index (Phi) is 4.45. The SMILES string of the molecule is O=C(Nc1ccccc1OC(F)(F)F)c1ccc2nnc(C(F)F)n2c1. The van der Waals surface area contributed by atoms with E-state index in [9.17, 15) is 26.7 Å². The lowest BCUT2D eigenvalue weighted by Gasteiger charge is -2.14. The molecule has 0 aliphatic carbocycles. The summed E-state index contributed by atoms with van der Waals surface area (Å²) < 4.78 is 67.8. The molecule has 0 aliphatic heterocycles. The van der Waals surface area contributed by atoms with E-state index in [1.54, 1.807) is 0 Å². The van der Waals surface area contributed by atoms with Crippen LogP contribution in [0.2, 0.25) is 0 Å². The number of fused-ring (bicyclic) bond motifs is 1. The summed E-state index contributed by atoms with van der Waals surface area (Å²) in [5.41, 5.74) is -0.216. The monoisotopic (exact) mass is 372 g/mol. The molecule has 0 bridgehead atoms. The average molecular weight is 372 g/mol. The number of hydrogen-bond donors (Lipinski definition) is 1. The zero-order chi connectivity index (χ0) is 18.9. The summed E-state index contributed by atoms with van der Waals surface area (Å²) in [6.45, 7) is 0. The van der Waals surface area contributed by atoms with Crippen molar-refractivity contribution in [3.63, 3.8) is 0 Å². The second kappa shape index (κ2) is 6.58. The normalized spacial score (nSPS) is 11.8. The van der Waals surface area contributed by atoms with Crippen molar-refractivity contribution in [2.75, 3.05) is 5.32 Å². The molecular weight excluding hydrogens is 363 g/mol. The van der Waals surface area contributed by atoms with Gasteiger partial charge in [0.1, 0.15) is 0 Å². The molecule has 11 heteroatoms. The van der Waals surface area contributed by atoms with Crippen LogP contribution in [-0.2, 0) is 0 Å². The first-order valence-electron chi connectivity index (χ1n) is 7.03. The first kappa shape index (κ1) is 17.6. The molecule has 0 spiro atoms. The molecule has 2 heterocycles. The van der Waals surface area contributed by atoms with Crippen molar-refractivity contribution in [2.24, 2.45) is 0 Å². The quantitative estimate of drug-likeness (QED) is 0.707. The van der Waals surface area contributed by atoms with E-state index in [-0.39, 0.29) is 16.9 Å². The molecule has 0 fully saturated rings. The smallest absolute Gasteiger partial charge is 0.404 e. The summed E-state index contributed by atoms with van der Waals surface area (Å²) >= 11 is 0. The van der Waals surface area contributed by atoms with Crippen molar-refractivity contribution < 1.29 is 31.5 Å². The van der Waals surface area contributed by atoms with Crippen molar-refractivity contribution in [1.29, 1.82) is 0 Å². The van der Waals surface area contributed by atoms with Gasteiger partial charge in [-0.1, -0.05) is 12.1 Å². The molecule has 1 N–H and O–H groups in total. The molecule has 3 aromatic rings. The maximum Gasteiger partial charge on any atom is 0.573 e. The van der Waals surface area contributed by atoms with Gasteiger partial charge in [-0.05, 0) is 24.3 Å². The number of hydrogen-bond acceptors (Lipinski definition) is 4. The molecule has 2 aromatic heterocycles.